The van der Waals surface area contributed by atoms with Crippen molar-refractivity contribution >= 4 is 28.9 Å². The highest BCUT2D eigenvalue weighted by molar-refractivity contribution is 6.33. The SMILES string of the molecule is CCOc1cc(C)ccc1NC(=O)c1ccc(Cl)c(N)c1. The van der Waals surface area contributed by atoms with Gasteiger partial charge in [-0.1, -0.05) is 17.7 Å². The van der Waals surface area contributed by atoms with Gasteiger partial charge in [0.25, 0.3) is 5.91 Å². The van der Waals surface area contributed by atoms with Gasteiger partial charge in [-0.3, -0.25) is 4.79 Å². The summed E-state index contributed by atoms with van der Waals surface area (Å²) < 4.78 is 5.54. The van der Waals surface area contributed by atoms with Gasteiger partial charge in [-0.2, -0.15) is 0 Å². The highest BCUT2D eigenvalue weighted by Gasteiger charge is 2.11. The first kappa shape index (κ1) is 15.2. The molecule has 2 rings (SSSR count). The number of rotatable bonds is 4. The average Bonchev–Trinajstić information content (AvgIpc) is 2.45. The molecule has 0 aliphatic rings. The molecule has 0 aromatic heterocycles. The third-order valence-electron chi connectivity index (χ3n) is 2.94. The first-order chi connectivity index (χ1) is 10.0. The molecule has 21 heavy (non-hydrogen) atoms. The number of nitrogens with two attached hydrogens (primary N) is 1. The number of hydrogen-bond donors (Lipinski definition) is 2. The maximum atomic E-state index is 12.3. The Bertz CT molecular complexity index is 671. The highest BCUT2D eigenvalue weighted by Crippen LogP contribution is 2.27. The average molecular weight is 305 g/mol. The Labute approximate surface area is 128 Å². The Morgan fingerprint density at radius 1 is 1.29 bits per heavy atom. The lowest BCUT2D eigenvalue weighted by Gasteiger charge is -2.12. The molecule has 4 nitrogen and oxygen atoms in total. The fraction of sp³-hybridized carbons (Fsp3) is 0.188. The number of amides is 1. The summed E-state index contributed by atoms with van der Waals surface area (Å²) in [5.41, 5.74) is 8.22. The zero-order chi connectivity index (χ0) is 15.4. The molecular weight excluding hydrogens is 288 g/mol. The first-order valence-electron chi connectivity index (χ1n) is 6.61. The van der Waals surface area contributed by atoms with Crippen LogP contribution in [-0.2, 0) is 0 Å². The molecule has 0 atom stereocenters. The number of carbonyl (C=O) groups is 1. The van der Waals surface area contributed by atoms with Gasteiger partial charge in [-0.25, -0.2) is 0 Å². The predicted octanol–water partition coefficient (Wildman–Crippen LogP) is 3.88. The summed E-state index contributed by atoms with van der Waals surface area (Å²) in [5, 5.41) is 3.25. The molecule has 0 saturated carbocycles. The number of benzene rings is 2. The minimum Gasteiger partial charge on any atom is -0.492 e. The molecule has 0 aliphatic heterocycles. The molecule has 0 aliphatic carbocycles. The number of nitrogens with one attached hydrogen (secondary N) is 1. The topological polar surface area (TPSA) is 64.3 Å². The number of carbonyl (C=O) groups excluding carboxylic acids is 1. The van der Waals surface area contributed by atoms with Crippen LogP contribution in [0, 0.1) is 6.92 Å². The molecule has 3 N–H and O–H groups in total. The van der Waals surface area contributed by atoms with Gasteiger partial charge in [0.05, 0.1) is 23.0 Å². The minimum atomic E-state index is -0.261. The van der Waals surface area contributed by atoms with E-state index in [4.69, 9.17) is 22.1 Å². The summed E-state index contributed by atoms with van der Waals surface area (Å²) in [6.07, 6.45) is 0. The minimum absolute atomic E-state index is 0.261. The number of hydrogen-bond acceptors (Lipinski definition) is 3. The van der Waals surface area contributed by atoms with Crippen molar-refractivity contribution in [3.8, 4) is 5.75 Å². The Hall–Kier alpha value is -2.20. The molecule has 0 heterocycles. The van der Waals surface area contributed by atoms with Crippen LogP contribution < -0.4 is 15.8 Å². The summed E-state index contributed by atoms with van der Waals surface area (Å²) in [5.74, 6) is 0.385. The van der Waals surface area contributed by atoms with Gasteiger partial charge in [0.1, 0.15) is 5.75 Å². The second-order valence-electron chi connectivity index (χ2n) is 4.62. The first-order valence-corrected chi connectivity index (χ1v) is 6.99. The van der Waals surface area contributed by atoms with Crippen LogP contribution in [0.4, 0.5) is 11.4 Å². The summed E-state index contributed by atoms with van der Waals surface area (Å²) >= 11 is 5.85. The fourth-order valence-electron chi connectivity index (χ4n) is 1.89. The third kappa shape index (κ3) is 3.67. The molecule has 0 fully saturated rings. The second-order valence-corrected chi connectivity index (χ2v) is 5.03. The molecule has 0 radical (unpaired) electrons. The van der Waals surface area contributed by atoms with Gasteiger partial charge in [0, 0.05) is 5.56 Å². The van der Waals surface area contributed by atoms with Crippen molar-refractivity contribution in [3.63, 3.8) is 0 Å². The quantitative estimate of drug-likeness (QED) is 0.842. The van der Waals surface area contributed by atoms with Crippen LogP contribution in [0.1, 0.15) is 22.8 Å². The Kier molecular flexibility index (Phi) is 4.70. The van der Waals surface area contributed by atoms with Gasteiger partial charge >= 0.3 is 0 Å². The van der Waals surface area contributed by atoms with Crippen LogP contribution >= 0.6 is 11.6 Å². The summed E-state index contributed by atoms with van der Waals surface area (Å²) in [6.45, 7) is 4.39. The number of anilines is 2. The van der Waals surface area contributed by atoms with Crippen molar-refractivity contribution in [2.75, 3.05) is 17.7 Å². The Morgan fingerprint density at radius 2 is 2.05 bits per heavy atom. The molecule has 5 heteroatoms. The van der Waals surface area contributed by atoms with E-state index in [0.717, 1.165) is 5.56 Å². The van der Waals surface area contributed by atoms with Crippen molar-refractivity contribution < 1.29 is 9.53 Å². The molecule has 1 amide bonds. The van der Waals surface area contributed by atoms with E-state index in [2.05, 4.69) is 5.32 Å². The Balaban J connectivity index is 2.24. The zero-order valence-corrected chi connectivity index (χ0v) is 12.7. The van der Waals surface area contributed by atoms with Crippen LogP contribution in [0.5, 0.6) is 5.75 Å². The molecule has 0 spiro atoms. The van der Waals surface area contributed by atoms with Crippen molar-refractivity contribution in [1.82, 2.24) is 0 Å². The summed E-state index contributed by atoms with van der Waals surface area (Å²) in [6, 6.07) is 10.4. The molecule has 110 valence electrons. The van der Waals surface area contributed by atoms with E-state index in [0.29, 0.717) is 34.3 Å². The monoisotopic (exact) mass is 304 g/mol. The van der Waals surface area contributed by atoms with E-state index >= 15 is 0 Å². The molecular formula is C16H17ClN2O2. The van der Waals surface area contributed by atoms with E-state index in [1.165, 1.54) is 0 Å². The molecule has 2 aromatic carbocycles. The van der Waals surface area contributed by atoms with Crippen molar-refractivity contribution in [3.05, 3.63) is 52.5 Å². The van der Waals surface area contributed by atoms with Crippen LogP contribution in [0.2, 0.25) is 5.02 Å². The van der Waals surface area contributed by atoms with Crippen LogP contribution in [-0.4, -0.2) is 12.5 Å². The van der Waals surface area contributed by atoms with Gasteiger partial charge in [0.15, 0.2) is 0 Å². The van der Waals surface area contributed by atoms with E-state index in [1.807, 2.05) is 32.0 Å². The van der Waals surface area contributed by atoms with E-state index in [-0.39, 0.29) is 5.91 Å². The smallest absolute Gasteiger partial charge is 0.255 e. The van der Waals surface area contributed by atoms with Gasteiger partial charge < -0.3 is 15.8 Å². The number of ether oxygens (including phenoxy) is 1. The largest absolute Gasteiger partial charge is 0.492 e. The van der Waals surface area contributed by atoms with E-state index in [9.17, 15) is 4.79 Å². The van der Waals surface area contributed by atoms with Crippen LogP contribution in [0.3, 0.4) is 0 Å². The van der Waals surface area contributed by atoms with Crippen molar-refractivity contribution in [2.45, 2.75) is 13.8 Å². The number of aryl methyl sites for hydroxylation is 1. The van der Waals surface area contributed by atoms with Crippen molar-refractivity contribution in [2.24, 2.45) is 0 Å². The normalized spacial score (nSPS) is 10.2. The molecule has 2 aromatic rings. The molecule has 0 unspecified atom stereocenters. The van der Waals surface area contributed by atoms with E-state index < -0.39 is 0 Å². The maximum absolute atomic E-state index is 12.3. The van der Waals surface area contributed by atoms with Crippen LogP contribution in [0.25, 0.3) is 0 Å². The second kappa shape index (κ2) is 6.50. The highest BCUT2D eigenvalue weighted by atomic mass is 35.5. The molecule has 0 bridgehead atoms. The predicted molar refractivity (Wildman–Crippen MR) is 86.2 cm³/mol. The van der Waals surface area contributed by atoms with E-state index in [1.54, 1.807) is 18.2 Å². The maximum Gasteiger partial charge on any atom is 0.255 e. The molecule has 0 saturated heterocycles. The lowest BCUT2D eigenvalue weighted by molar-refractivity contribution is 0.102. The number of halogens is 1. The lowest BCUT2D eigenvalue weighted by atomic mass is 10.1. The van der Waals surface area contributed by atoms with Crippen LogP contribution in [0.15, 0.2) is 36.4 Å². The summed E-state index contributed by atoms with van der Waals surface area (Å²) in [7, 11) is 0. The van der Waals surface area contributed by atoms with Gasteiger partial charge in [-0.05, 0) is 49.7 Å². The fourth-order valence-corrected chi connectivity index (χ4v) is 2.00. The number of nitrogen functional groups attached to an aromatic ring is 1. The lowest BCUT2D eigenvalue weighted by Crippen LogP contribution is -2.13. The third-order valence-corrected chi connectivity index (χ3v) is 3.29. The zero-order valence-electron chi connectivity index (χ0n) is 11.9. The van der Waals surface area contributed by atoms with Crippen molar-refractivity contribution in [1.29, 1.82) is 0 Å². The Morgan fingerprint density at radius 3 is 2.71 bits per heavy atom. The van der Waals surface area contributed by atoms with Gasteiger partial charge in [0.2, 0.25) is 0 Å². The van der Waals surface area contributed by atoms with Gasteiger partial charge in [-0.15, -0.1) is 0 Å². The summed E-state index contributed by atoms with van der Waals surface area (Å²) in [4.78, 5) is 12.3. The standard InChI is InChI=1S/C16H17ClN2O2/c1-3-21-15-8-10(2)4-7-14(15)19-16(20)11-5-6-12(17)13(18)9-11/h4-9H,3,18H2,1-2H3,(H,19,20).